The summed E-state index contributed by atoms with van der Waals surface area (Å²) in [6.45, 7) is 1.92. The highest BCUT2D eigenvalue weighted by atomic mass is 35.5. The molecule has 0 aromatic carbocycles. The third-order valence-electron chi connectivity index (χ3n) is 3.66. The molecule has 21 heavy (non-hydrogen) atoms. The predicted molar refractivity (Wildman–Crippen MR) is 85.8 cm³/mol. The van der Waals surface area contributed by atoms with E-state index in [2.05, 4.69) is 15.2 Å². The van der Waals surface area contributed by atoms with Gasteiger partial charge in [-0.2, -0.15) is 0 Å². The Balaban J connectivity index is 1.93. The number of nitrogens with one attached hydrogen (secondary N) is 1. The van der Waals surface area contributed by atoms with E-state index in [0.29, 0.717) is 35.0 Å². The highest BCUT2D eigenvalue weighted by Crippen LogP contribution is 2.23. The lowest BCUT2D eigenvalue weighted by atomic mass is 9.99. The standard InChI is InChI=1S/C14H20Cl2N4O/c15-10-7-12(16)14(18-8-10)19-13(21)9-20-6-2-1-3-11(20)4-5-17/h7-8,11H,1-6,9,17H2,(H,18,19,21). The van der Waals surface area contributed by atoms with Gasteiger partial charge in [0.05, 0.1) is 16.6 Å². The first-order valence-corrected chi connectivity index (χ1v) is 7.90. The summed E-state index contributed by atoms with van der Waals surface area (Å²) >= 11 is 11.8. The first-order valence-electron chi connectivity index (χ1n) is 7.15. The normalized spacial score (nSPS) is 19.5. The van der Waals surface area contributed by atoms with Crippen LogP contribution in [0.4, 0.5) is 5.82 Å². The molecule has 1 aliphatic rings. The SMILES string of the molecule is NCCC1CCCCN1CC(=O)Nc1ncc(Cl)cc1Cl. The predicted octanol–water partition coefficient (Wildman–Crippen LogP) is 2.53. The first-order chi connectivity index (χ1) is 10.1. The van der Waals surface area contributed by atoms with Gasteiger partial charge in [0, 0.05) is 12.2 Å². The van der Waals surface area contributed by atoms with Gasteiger partial charge >= 0.3 is 0 Å². The molecule has 0 spiro atoms. The Labute approximate surface area is 134 Å². The maximum absolute atomic E-state index is 12.2. The van der Waals surface area contributed by atoms with Crippen LogP contribution in [0.25, 0.3) is 0 Å². The molecule has 1 amide bonds. The monoisotopic (exact) mass is 330 g/mol. The van der Waals surface area contributed by atoms with Crippen LogP contribution in [0.15, 0.2) is 12.3 Å². The second-order valence-electron chi connectivity index (χ2n) is 5.23. The van der Waals surface area contributed by atoms with Crippen molar-refractivity contribution < 1.29 is 4.79 Å². The minimum absolute atomic E-state index is 0.115. The first kappa shape index (κ1) is 16.5. The summed E-state index contributed by atoms with van der Waals surface area (Å²) in [5, 5.41) is 3.52. The summed E-state index contributed by atoms with van der Waals surface area (Å²) in [4.78, 5) is 18.4. The second kappa shape index (κ2) is 7.94. The van der Waals surface area contributed by atoms with Gasteiger partial charge in [-0.3, -0.25) is 9.69 Å². The van der Waals surface area contributed by atoms with Gasteiger partial charge in [-0.25, -0.2) is 4.98 Å². The van der Waals surface area contributed by atoms with Crippen molar-refractivity contribution in [3.63, 3.8) is 0 Å². The smallest absolute Gasteiger partial charge is 0.239 e. The number of hydrogen-bond acceptors (Lipinski definition) is 4. The summed E-state index contributed by atoms with van der Waals surface area (Å²) in [6, 6.07) is 1.95. The van der Waals surface area contributed by atoms with Crippen LogP contribution in [0, 0.1) is 0 Å². The number of piperidine rings is 1. The third-order valence-corrected chi connectivity index (χ3v) is 4.16. The second-order valence-corrected chi connectivity index (χ2v) is 6.07. The van der Waals surface area contributed by atoms with Gasteiger partial charge in [-0.05, 0) is 38.4 Å². The third kappa shape index (κ3) is 4.81. The molecule has 1 aromatic heterocycles. The van der Waals surface area contributed by atoms with E-state index in [9.17, 15) is 4.79 Å². The summed E-state index contributed by atoms with van der Waals surface area (Å²) < 4.78 is 0. The van der Waals surface area contributed by atoms with Crippen LogP contribution in [0.1, 0.15) is 25.7 Å². The molecule has 7 heteroatoms. The molecule has 0 saturated carbocycles. The van der Waals surface area contributed by atoms with Crippen LogP contribution in [0.5, 0.6) is 0 Å². The molecule has 1 aliphatic heterocycles. The van der Waals surface area contributed by atoms with E-state index in [0.717, 1.165) is 25.8 Å². The fourth-order valence-electron chi connectivity index (χ4n) is 2.65. The average molecular weight is 331 g/mol. The molecule has 0 radical (unpaired) electrons. The average Bonchev–Trinajstić information content (AvgIpc) is 2.44. The zero-order chi connectivity index (χ0) is 15.2. The van der Waals surface area contributed by atoms with Crippen molar-refractivity contribution in [2.75, 3.05) is 25.0 Å². The highest BCUT2D eigenvalue weighted by molar-refractivity contribution is 6.36. The molecule has 1 unspecified atom stereocenters. The van der Waals surface area contributed by atoms with Crippen LogP contribution >= 0.6 is 23.2 Å². The number of carbonyl (C=O) groups is 1. The lowest BCUT2D eigenvalue weighted by Gasteiger charge is -2.35. The topological polar surface area (TPSA) is 71.2 Å². The number of halogens is 2. The number of carbonyl (C=O) groups excluding carboxylic acids is 1. The minimum atomic E-state index is -0.115. The number of nitrogens with zero attached hydrogens (tertiary/aromatic N) is 2. The number of amides is 1. The van der Waals surface area contributed by atoms with E-state index in [4.69, 9.17) is 28.9 Å². The van der Waals surface area contributed by atoms with Crippen molar-refractivity contribution in [1.29, 1.82) is 0 Å². The van der Waals surface area contributed by atoms with E-state index in [1.165, 1.54) is 12.6 Å². The summed E-state index contributed by atoms with van der Waals surface area (Å²) in [5.41, 5.74) is 5.64. The van der Waals surface area contributed by atoms with Crippen LogP contribution in [0.3, 0.4) is 0 Å². The molecule has 3 N–H and O–H groups in total. The van der Waals surface area contributed by atoms with Crippen LogP contribution in [0.2, 0.25) is 10.0 Å². The van der Waals surface area contributed by atoms with Crippen molar-refractivity contribution in [2.24, 2.45) is 5.73 Å². The van der Waals surface area contributed by atoms with Gasteiger partial charge in [-0.15, -0.1) is 0 Å². The largest absolute Gasteiger partial charge is 0.330 e. The Hall–Kier alpha value is -0.880. The van der Waals surface area contributed by atoms with Crippen molar-refractivity contribution >= 4 is 34.9 Å². The number of hydrogen-bond donors (Lipinski definition) is 2. The number of aromatic nitrogens is 1. The molecular weight excluding hydrogens is 311 g/mol. The van der Waals surface area contributed by atoms with E-state index in [-0.39, 0.29) is 5.91 Å². The molecule has 2 rings (SSSR count). The van der Waals surface area contributed by atoms with E-state index >= 15 is 0 Å². The number of anilines is 1. The van der Waals surface area contributed by atoms with Gasteiger partial charge in [0.1, 0.15) is 0 Å². The molecule has 2 heterocycles. The van der Waals surface area contributed by atoms with Crippen molar-refractivity contribution in [1.82, 2.24) is 9.88 Å². The molecule has 0 bridgehead atoms. The van der Waals surface area contributed by atoms with Gasteiger partial charge in [-0.1, -0.05) is 29.6 Å². The van der Waals surface area contributed by atoms with Crippen LogP contribution in [-0.4, -0.2) is 41.5 Å². The molecule has 0 aliphatic carbocycles. The quantitative estimate of drug-likeness (QED) is 0.870. The Morgan fingerprint density at radius 1 is 1.48 bits per heavy atom. The summed E-state index contributed by atoms with van der Waals surface area (Å²) in [6.07, 6.45) is 5.81. The van der Waals surface area contributed by atoms with Gasteiger partial charge in [0.25, 0.3) is 0 Å². The maximum Gasteiger partial charge on any atom is 0.239 e. The number of rotatable bonds is 5. The fourth-order valence-corrected chi connectivity index (χ4v) is 3.08. The van der Waals surface area contributed by atoms with E-state index in [1.54, 1.807) is 6.07 Å². The Kier molecular flexibility index (Phi) is 6.23. The van der Waals surface area contributed by atoms with Crippen molar-refractivity contribution in [3.05, 3.63) is 22.3 Å². The zero-order valence-electron chi connectivity index (χ0n) is 11.8. The van der Waals surface area contributed by atoms with Gasteiger partial charge < -0.3 is 11.1 Å². The van der Waals surface area contributed by atoms with Gasteiger partial charge in [0.2, 0.25) is 5.91 Å². The lowest BCUT2D eigenvalue weighted by molar-refractivity contribution is -0.118. The number of pyridine rings is 1. The lowest BCUT2D eigenvalue weighted by Crippen LogP contribution is -2.44. The number of nitrogens with two attached hydrogens (primary N) is 1. The van der Waals surface area contributed by atoms with Gasteiger partial charge in [0.15, 0.2) is 5.82 Å². The number of likely N-dealkylation sites (tertiary alicyclic amines) is 1. The molecular formula is C14H20Cl2N4O. The summed E-state index contributed by atoms with van der Waals surface area (Å²) in [5.74, 6) is 0.231. The van der Waals surface area contributed by atoms with Crippen molar-refractivity contribution in [3.8, 4) is 0 Å². The zero-order valence-corrected chi connectivity index (χ0v) is 13.3. The molecule has 5 nitrogen and oxygen atoms in total. The Bertz CT molecular complexity index is 496. The molecule has 1 saturated heterocycles. The molecule has 116 valence electrons. The fraction of sp³-hybridized carbons (Fsp3) is 0.571. The van der Waals surface area contributed by atoms with Crippen LogP contribution in [-0.2, 0) is 4.79 Å². The maximum atomic E-state index is 12.2. The molecule has 1 fully saturated rings. The Morgan fingerprint density at radius 2 is 2.29 bits per heavy atom. The summed E-state index contributed by atoms with van der Waals surface area (Å²) in [7, 11) is 0. The molecule has 1 atom stereocenters. The van der Waals surface area contributed by atoms with E-state index in [1.807, 2.05) is 0 Å². The van der Waals surface area contributed by atoms with Crippen molar-refractivity contribution in [2.45, 2.75) is 31.7 Å². The Morgan fingerprint density at radius 3 is 3.00 bits per heavy atom. The highest BCUT2D eigenvalue weighted by Gasteiger charge is 2.23. The minimum Gasteiger partial charge on any atom is -0.330 e. The molecule has 1 aromatic rings. The van der Waals surface area contributed by atoms with Crippen LogP contribution < -0.4 is 11.1 Å². The van der Waals surface area contributed by atoms with E-state index < -0.39 is 0 Å².